The molecule has 0 amide bonds. The van der Waals surface area contributed by atoms with Crippen LogP contribution in [0.4, 0.5) is 5.69 Å². The fraction of sp³-hybridized carbons (Fsp3) is 0.571. The van der Waals surface area contributed by atoms with E-state index in [2.05, 4.69) is 4.85 Å². The van der Waals surface area contributed by atoms with Crippen molar-refractivity contribution in [2.24, 2.45) is 0 Å². The van der Waals surface area contributed by atoms with E-state index in [4.69, 9.17) is 16.0 Å². The second kappa shape index (κ2) is 7.68. The number of nitrogens with zero attached hydrogens (tertiary/aromatic N) is 2. The minimum atomic E-state index is -0.447. The second-order valence-corrected chi connectivity index (χ2v) is 4.45. The number of aromatic hydroxyl groups is 1. The zero-order chi connectivity index (χ0) is 15.1. The quantitative estimate of drug-likeness (QED) is 0.610. The molecule has 0 aliphatic rings. The van der Waals surface area contributed by atoms with Crippen LogP contribution in [0.3, 0.4) is 0 Å². The largest absolute Gasteiger partial charge is 0.494 e. The number of rotatable bonds is 7. The molecule has 0 aliphatic carbocycles. The average molecular weight is 280 g/mol. The van der Waals surface area contributed by atoms with Crippen molar-refractivity contribution >= 4 is 5.69 Å². The molecule has 0 spiro atoms. The van der Waals surface area contributed by atoms with Gasteiger partial charge in [0.15, 0.2) is 5.88 Å². The number of hydrogen-bond donors (Lipinski definition) is 1. The minimum Gasteiger partial charge on any atom is -0.494 e. The first kappa shape index (κ1) is 16.2. The van der Waals surface area contributed by atoms with Crippen molar-refractivity contribution in [3.8, 4) is 5.88 Å². The van der Waals surface area contributed by atoms with Gasteiger partial charge in [0.25, 0.3) is 11.2 Å². The van der Waals surface area contributed by atoms with Gasteiger partial charge in [0, 0.05) is 25.8 Å². The van der Waals surface area contributed by atoms with Gasteiger partial charge in [0.05, 0.1) is 19.8 Å². The maximum Gasteiger partial charge on any atom is 0.259 e. The Hall–Kier alpha value is -1.84. The summed E-state index contributed by atoms with van der Waals surface area (Å²) in [5.41, 5.74) is 0.726. The molecule has 20 heavy (non-hydrogen) atoms. The van der Waals surface area contributed by atoms with Crippen LogP contribution < -0.4 is 5.56 Å². The molecular weight excluding hydrogens is 260 g/mol. The maximum atomic E-state index is 12.1. The van der Waals surface area contributed by atoms with Crippen LogP contribution in [0.15, 0.2) is 4.79 Å². The van der Waals surface area contributed by atoms with Gasteiger partial charge in [-0.15, -0.1) is 0 Å². The van der Waals surface area contributed by atoms with Gasteiger partial charge < -0.3 is 14.6 Å². The third-order valence-corrected chi connectivity index (χ3v) is 3.17. The first-order chi connectivity index (χ1) is 9.54. The fourth-order valence-corrected chi connectivity index (χ4v) is 1.84. The molecule has 0 atom stereocenters. The lowest BCUT2D eigenvalue weighted by Crippen LogP contribution is -2.22. The lowest BCUT2D eigenvalue weighted by Gasteiger charge is -2.14. The van der Waals surface area contributed by atoms with E-state index in [9.17, 15) is 9.90 Å². The molecular formula is C14H20N2O4. The first-order valence-corrected chi connectivity index (χ1v) is 6.41. The van der Waals surface area contributed by atoms with Crippen molar-refractivity contribution in [1.82, 2.24) is 4.57 Å². The zero-order valence-corrected chi connectivity index (χ0v) is 12.1. The first-order valence-electron chi connectivity index (χ1n) is 6.41. The van der Waals surface area contributed by atoms with Gasteiger partial charge in [0.2, 0.25) is 0 Å². The van der Waals surface area contributed by atoms with E-state index < -0.39 is 5.56 Å². The van der Waals surface area contributed by atoms with Crippen molar-refractivity contribution in [2.45, 2.75) is 26.8 Å². The lowest BCUT2D eigenvalue weighted by atomic mass is 10.1. The summed E-state index contributed by atoms with van der Waals surface area (Å²) in [4.78, 5) is 15.3. The van der Waals surface area contributed by atoms with Gasteiger partial charge in [-0.05, 0) is 25.8 Å². The van der Waals surface area contributed by atoms with Gasteiger partial charge in [0.1, 0.15) is 0 Å². The van der Waals surface area contributed by atoms with Crippen LogP contribution >= 0.6 is 0 Å². The SMILES string of the molecule is [C-]#[N+]c1c(C)c(C)c(O)n(CCCOCCOC)c1=O. The van der Waals surface area contributed by atoms with Crippen LogP contribution in [-0.2, 0) is 16.0 Å². The Bertz CT molecular complexity index is 558. The molecule has 0 bridgehead atoms. The Labute approximate surface area is 118 Å². The summed E-state index contributed by atoms with van der Waals surface area (Å²) in [5.74, 6) is -0.0724. The number of hydrogen-bond acceptors (Lipinski definition) is 4. The van der Waals surface area contributed by atoms with Gasteiger partial charge in [-0.1, -0.05) is 0 Å². The van der Waals surface area contributed by atoms with E-state index in [0.717, 1.165) is 0 Å². The molecule has 1 aromatic heterocycles. The molecule has 0 radical (unpaired) electrons. The summed E-state index contributed by atoms with van der Waals surface area (Å²) in [7, 11) is 1.60. The topological polar surface area (TPSA) is 65.1 Å². The van der Waals surface area contributed by atoms with Crippen LogP contribution in [0.1, 0.15) is 17.5 Å². The standard InChI is InChI=1S/C14H20N2O4/c1-10-11(2)13(17)16(14(18)12(10)15-3)6-5-7-20-9-8-19-4/h17H,5-9H2,1-2,4H3. The Morgan fingerprint density at radius 1 is 1.25 bits per heavy atom. The highest BCUT2D eigenvalue weighted by atomic mass is 16.5. The van der Waals surface area contributed by atoms with Crippen LogP contribution in [0.25, 0.3) is 4.85 Å². The highest BCUT2D eigenvalue weighted by molar-refractivity contribution is 5.55. The molecule has 6 nitrogen and oxygen atoms in total. The molecule has 0 saturated carbocycles. The minimum absolute atomic E-state index is 0.0700. The normalized spacial score (nSPS) is 10.5. The maximum absolute atomic E-state index is 12.1. The van der Waals surface area contributed by atoms with E-state index >= 15 is 0 Å². The van der Waals surface area contributed by atoms with Crippen LogP contribution in [0.2, 0.25) is 0 Å². The van der Waals surface area contributed by atoms with E-state index in [1.54, 1.807) is 21.0 Å². The third-order valence-electron chi connectivity index (χ3n) is 3.17. The van der Waals surface area contributed by atoms with Crippen molar-refractivity contribution in [3.05, 3.63) is 32.9 Å². The van der Waals surface area contributed by atoms with Crippen molar-refractivity contribution < 1.29 is 14.6 Å². The Balaban J connectivity index is 2.79. The highest BCUT2D eigenvalue weighted by Crippen LogP contribution is 2.24. The second-order valence-electron chi connectivity index (χ2n) is 4.45. The highest BCUT2D eigenvalue weighted by Gasteiger charge is 2.15. The summed E-state index contributed by atoms with van der Waals surface area (Å²) in [6.45, 7) is 12.2. The monoisotopic (exact) mass is 280 g/mol. The Kier molecular flexibility index (Phi) is 6.22. The molecule has 1 aromatic rings. The number of ether oxygens (including phenoxy) is 2. The number of aromatic nitrogens is 1. The Morgan fingerprint density at radius 2 is 1.95 bits per heavy atom. The molecule has 1 rings (SSSR count). The Morgan fingerprint density at radius 3 is 2.55 bits per heavy atom. The molecule has 0 aliphatic heterocycles. The molecule has 0 unspecified atom stereocenters. The van der Waals surface area contributed by atoms with E-state index in [-0.39, 0.29) is 11.6 Å². The van der Waals surface area contributed by atoms with Crippen molar-refractivity contribution in [1.29, 1.82) is 0 Å². The summed E-state index contributed by atoms with van der Waals surface area (Å²) >= 11 is 0. The smallest absolute Gasteiger partial charge is 0.259 e. The van der Waals surface area contributed by atoms with Crippen LogP contribution in [-0.4, -0.2) is 36.6 Å². The van der Waals surface area contributed by atoms with Gasteiger partial charge >= 0.3 is 0 Å². The zero-order valence-electron chi connectivity index (χ0n) is 12.1. The third kappa shape index (κ3) is 3.59. The molecule has 110 valence electrons. The van der Waals surface area contributed by atoms with Crippen LogP contribution in [0, 0.1) is 20.4 Å². The van der Waals surface area contributed by atoms with Gasteiger partial charge in [-0.3, -0.25) is 9.36 Å². The molecule has 1 heterocycles. The summed E-state index contributed by atoms with van der Waals surface area (Å²) in [6.07, 6.45) is 0.580. The molecule has 1 N–H and O–H groups in total. The number of methoxy groups -OCH3 is 1. The average Bonchev–Trinajstić information content (AvgIpc) is 2.44. The van der Waals surface area contributed by atoms with E-state index in [1.165, 1.54) is 4.57 Å². The number of pyridine rings is 1. The van der Waals surface area contributed by atoms with E-state index in [1.807, 2.05) is 0 Å². The summed E-state index contributed by atoms with van der Waals surface area (Å²) in [5, 5.41) is 10.0. The van der Waals surface area contributed by atoms with E-state index in [0.29, 0.717) is 43.9 Å². The molecule has 6 heteroatoms. The van der Waals surface area contributed by atoms with Crippen molar-refractivity contribution in [3.63, 3.8) is 0 Å². The van der Waals surface area contributed by atoms with Gasteiger partial charge in [-0.25, -0.2) is 4.85 Å². The predicted octanol–water partition coefficient (Wildman–Crippen LogP) is 1.77. The molecule has 0 aromatic carbocycles. The van der Waals surface area contributed by atoms with Crippen LogP contribution in [0.5, 0.6) is 5.88 Å². The van der Waals surface area contributed by atoms with Crippen molar-refractivity contribution in [2.75, 3.05) is 26.9 Å². The fourth-order valence-electron chi connectivity index (χ4n) is 1.84. The summed E-state index contributed by atoms with van der Waals surface area (Å²) < 4.78 is 11.4. The predicted molar refractivity (Wildman–Crippen MR) is 75.4 cm³/mol. The lowest BCUT2D eigenvalue weighted by molar-refractivity contribution is 0.0677. The summed E-state index contributed by atoms with van der Waals surface area (Å²) in [6, 6.07) is 0. The van der Waals surface area contributed by atoms with Gasteiger partial charge in [-0.2, -0.15) is 0 Å². The molecule has 0 saturated heterocycles. The molecule has 0 fully saturated rings.